The Morgan fingerprint density at radius 1 is 1.50 bits per heavy atom. The quantitative estimate of drug-likeness (QED) is 0.771. The minimum Gasteiger partial charge on any atom is -0.481 e. The summed E-state index contributed by atoms with van der Waals surface area (Å²) in [4.78, 5) is 0. The number of hydrogen-bond acceptors (Lipinski definition) is 3. The van der Waals surface area contributed by atoms with Gasteiger partial charge in [0, 0.05) is 13.6 Å². The highest BCUT2D eigenvalue weighted by atomic mass is 16.5. The number of ether oxygens (including phenoxy) is 1. The molecule has 1 heterocycles. The zero-order valence-electron chi connectivity index (χ0n) is 8.32. The Morgan fingerprint density at radius 3 is 2.93 bits per heavy atom. The maximum atomic E-state index is 5.55. The van der Waals surface area contributed by atoms with Gasteiger partial charge >= 0.3 is 0 Å². The monoisotopic (exact) mass is 191 g/mol. The molecule has 2 rings (SSSR count). The molecule has 0 fully saturated rings. The van der Waals surface area contributed by atoms with Gasteiger partial charge in [-0.2, -0.15) is 5.10 Å². The molecule has 4 heteroatoms. The van der Waals surface area contributed by atoms with Crippen molar-refractivity contribution in [1.29, 1.82) is 0 Å². The molecular weight excluding hydrogens is 178 g/mol. The summed E-state index contributed by atoms with van der Waals surface area (Å²) in [5.74, 6) is 0.781. The van der Waals surface area contributed by atoms with Gasteiger partial charge in [0.15, 0.2) is 0 Å². The second-order valence-corrected chi connectivity index (χ2v) is 3.19. The molecule has 0 spiro atoms. The van der Waals surface area contributed by atoms with Gasteiger partial charge in [-0.3, -0.25) is 0 Å². The molecule has 0 aliphatic carbocycles. The molecule has 74 valence electrons. The van der Waals surface area contributed by atoms with Crippen LogP contribution in [0.3, 0.4) is 0 Å². The summed E-state index contributed by atoms with van der Waals surface area (Å²) in [6.07, 6.45) is 0. The Labute approximate surface area is 82.3 Å². The van der Waals surface area contributed by atoms with Crippen molar-refractivity contribution in [2.75, 3.05) is 7.11 Å². The molecule has 0 radical (unpaired) electrons. The summed E-state index contributed by atoms with van der Waals surface area (Å²) in [6.45, 7) is 0.537. The van der Waals surface area contributed by atoms with E-state index in [1.165, 1.54) is 0 Å². The van der Waals surface area contributed by atoms with E-state index < -0.39 is 0 Å². The van der Waals surface area contributed by atoms with E-state index in [-0.39, 0.29) is 0 Å². The predicted molar refractivity (Wildman–Crippen MR) is 55.2 cm³/mol. The van der Waals surface area contributed by atoms with E-state index in [0.717, 1.165) is 22.3 Å². The van der Waals surface area contributed by atoms with Crippen molar-refractivity contribution in [3.05, 3.63) is 23.8 Å². The van der Waals surface area contributed by atoms with Crippen molar-refractivity contribution in [2.45, 2.75) is 6.54 Å². The van der Waals surface area contributed by atoms with Gasteiger partial charge in [-0.05, 0) is 17.7 Å². The van der Waals surface area contributed by atoms with E-state index in [0.29, 0.717) is 6.54 Å². The van der Waals surface area contributed by atoms with Gasteiger partial charge in [0.1, 0.15) is 0 Å². The van der Waals surface area contributed by atoms with E-state index in [4.69, 9.17) is 10.5 Å². The first-order valence-electron chi connectivity index (χ1n) is 4.46. The van der Waals surface area contributed by atoms with Crippen LogP contribution in [0.2, 0.25) is 0 Å². The lowest BCUT2D eigenvalue weighted by Gasteiger charge is -1.99. The van der Waals surface area contributed by atoms with Crippen LogP contribution < -0.4 is 10.5 Å². The molecule has 0 unspecified atom stereocenters. The topological polar surface area (TPSA) is 53.1 Å². The largest absolute Gasteiger partial charge is 0.481 e. The molecule has 0 aliphatic rings. The van der Waals surface area contributed by atoms with Gasteiger partial charge in [0.05, 0.1) is 18.0 Å². The third kappa shape index (κ3) is 1.24. The minimum absolute atomic E-state index is 0.537. The number of nitrogens with zero attached hydrogens (tertiary/aromatic N) is 2. The van der Waals surface area contributed by atoms with Gasteiger partial charge in [-0.1, -0.05) is 6.07 Å². The molecule has 0 atom stereocenters. The minimum atomic E-state index is 0.537. The summed E-state index contributed by atoms with van der Waals surface area (Å²) >= 11 is 0. The number of hydrogen-bond donors (Lipinski definition) is 1. The Balaban J connectivity index is 2.68. The molecule has 14 heavy (non-hydrogen) atoms. The van der Waals surface area contributed by atoms with Crippen LogP contribution in [-0.4, -0.2) is 16.9 Å². The summed E-state index contributed by atoms with van der Waals surface area (Å²) in [5, 5.41) is 5.35. The molecule has 1 aromatic carbocycles. The Kier molecular flexibility index (Phi) is 2.13. The molecule has 0 amide bonds. The van der Waals surface area contributed by atoms with E-state index in [2.05, 4.69) is 5.10 Å². The lowest BCUT2D eigenvalue weighted by atomic mass is 10.1. The van der Waals surface area contributed by atoms with E-state index >= 15 is 0 Å². The number of benzene rings is 1. The normalized spacial score (nSPS) is 10.8. The number of fused-ring (bicyclic) bond motifs is 1. The van der Waals surface area contributed by atoms with Gasteiger partial charge in [0.25, 0.3) is 0 Å². The fraction of sp³-hybridized carbons (Fsp3) is 0.300. The second kappa shape index (κ2) is 3.31. The van der Waals surface area contributed by atoms with Crippen molar-refractivity contribution in [3.8, 4) is 5.88 Å². The number of rotatable bonds is 2. The maximum absolute atomic E-state index is 5.55. The van der Waals surface area contributed by atoms with Crippen molar-refractivity contribution >= 4 is 10.9 Å². The van der Waals surface area contributed by atoms with Crippen molar-refractivity contribution in [3.63, 3.8) is 0 Å². The van der Waals surface area contributed by atoms with Crippen LogP contribution in [0.5, 0.6) is 5.88 Å². The molecule has 0 aliphatic heterocycles. The molecule has 0 bridgehead atoms. The van der Waals surface area contributed by atoms with E-state index in [1.807, 2.05) is 25.2 Å². The SMILES string of the molecule is COc1c2ccc(CN)cc2nn1C. The van der Waals surface area contributed by atoms with Crippen LogP contribution in [0.15, 0.2) is 18.2 Å². The molecule has 0 saturated carbocycles. The molecule has 4 nitrogen and oxygen atoms in total. The van der Waals surface area contributed by atoms with Crippen molar-refractivity contribution in [1.82, 2.24) is 9.78 Å². The number of nitrogens with two attached hydrogens (primary N) is 1. The number of methoxy groups -OCH3 is 1. The zero-order chi connectivity index (χ0) is 10.1. The average molecular weight is 191 g/mol. The zero-order valence-corrected chi connectivity index (χ0v) is 8.32. The van der Waals surface area contributed by atoms with Gasteiger partial charge in [0.2, 0.25) is 5.88 Å². The second-order valence-electron chi connectivity index (χ2n) is 3.19. The number of aromatic nitrogens is 2. The highest BCUT2D eigenvalue weighted by Gasteiger charge is 2.08. The molecule has 2 aromatic rings. The van der Waals surface area contributed by atoms with Gasteiger partial charge < -0.3 is 10.5 Å². The molecule has 1 aromatic heterocycles. The van der Waals surface area contributed by atoms with E-state index in [1.54, 1.807) is 11.8 Å². The summed E-state index contributed by atoms with van der Waals surface area (Å²) in [6, 6.07) is 5.97. The third-order valence-electron chi connectivity index (χ3n) is 2.27. The van der Waals surface area contributed by atoms with Crippen LogP contribution >= 0.6 is 0 Å². The van der Waals surface area contributed by atoms with Crippen molar-refractivity contribution in [2.24, 2.45) is 12.8 Å². The van der Waals surface area contributed by atoms with Crippen LogP contribution in [0.25, 0.3) is 10.9 Å². The number of aryl methyl sites for hydroxylation is 1. The fourth-order valence-electron chi connectivity index (χ4n) is 1.59. The molecular formula is C10H13N3O. The summed E-state index contributed by atoms with van der Waals surface area (Å²) in [5.41, 5.74) is 7.56. The maximum Gasteiger partial charge on any atom is 0.219 e. The van der Waals surface area contributed by atoms with Crippen LogP contribution in [-0.2, 0) is 13.6 Å². The van der Waals surface area contributed by atoms with Gasteiger partial charge in [-0.15, -0.1) is 0 Å². The first-order chi connectivity index (χ1) is 6.76. The Bertz CT molecular complexity index is 462. The average Bonchev–Trinajstić information content (AvgIpc) is 2.51. The summed E-state index contributed by atoms with van der Waals surface area (Å²) in [7, 11) is 3.51. The van der Waals surface area contributed by atoms with Crippen LogP contribution in [0, 0.1) is 0 Å². The third-order valence-corrected chi connectivity index (χ3v) is 2.27. The molecule has 2 N–H and O–H groups in total. The fourth-order valence-corrected chi connectivity index (χ4v) is 1.59. The predicted octanol–water partition coefficient (Wildman–Crippen LogP) is 1.04. The summed E-state index contributed by atoms with van der Waals surface area (Å²) < 4.78 is 6.97. The highest BCUT2D eigenvalue weighted by molar-refractivity contribution is 5.84. The first kappa shape index (κ1) is 9.02. The lowest BCUT2D eigenvalue weighted by molar-refractivity contribution is 0.377. The lowest BCUT2D eigenvalue weighted by Crippen LogP contribution is -1.95. The Hall–Kier alpha value is -1.55. The molecule has 0 saturated heterocycles. The van der Waals surface area contributed by atoms with Crippen molar-refractivity contribution < 1.29 is 4.74 Å². The van der Waals surface area contributed by atoms with E-state index in [9.17, 15) is 0 Å². The van der Waals surface area contributed by atoms with Gasteiger partial charge in [-0.25, -0.2) is 4.68 Å². The van der Waals surface area contributed by atoms with Crippen LogP contribution in [0.4, 0.5) is 0 Å². The van der Waals surface area contributed by atoms with Crippen LogP contribution in [0.1, 0.15) is 5.56 Å². The standard InChI is InChI=1S/C10H13N3O/c1-13-10(14-2)8-4-3-7(6-11)5-9(8)12-13/h3-5H,6,11H2,1-2H3. The first-order valence-corrected chi connectivity index (χ1v) is 4.46. The highest BCUT2D eigenvalue weighted by Crippen LogP contribution is 2.24. The Morgan fingerprint density at radius 2 is 2.29 bits per heavy atom. The smallest absolute Gasteiger partial charge is 0.219 e.